The van der Waals surface area contributed by atoms with E-state index in [1.54, 1.807) is 0 Å². The van der Waals surface area contributed by atoms with Gasteiger partial charge in [0.15, 0.2) is 5.96 Å². The fourth-order valence-electron chi connectivity index (χ4n) is 2.98. The van der Waals surface area contributed by atoms with Crippen molar-refractivity contribution in [1.29, 1.82) is 0 Å². The van der Waals surface area contributed by atoms with Gasteiger partial charge in [-0.05, 0) is 64.1 Å². The van der Waals surface area contributed by atoms with Gasteiger partial charge in [0, 0.05) is 19.6 Å². The van der Waals surface area contributed by atoms with Gasteiger partial charge in [-0.1, -0.05) is 6.92 Å². The number of hydrogen-bond acceptors (Lipinski definition) is 2. The SMILES string of the molecule is CC1CCN(C(N)=NCCCCN2CCCC2)CC1.I. The van der Waals surface area contributed by atoms with Gasteiger partial charge in [-0.25, -0.2) is 0 Å². The maximum Gasteiger partial charge on any atom is 0.191 e. The van der Waals surface area contributed by atoms with E-state index in [-0.39, 0.29) is 24.0 Å². The number of piperidine rings is 1. The lowest BCUT2D eigenvalue weighted by molar-refractivity contribution is 0.277. The highest BCUT2D eigenvalue weighted by molar-refractivity contribution is 14.0. The monoisotopic (exact) mass is 394 g/mol. The van der Waals surface area contributed by atoms with Gasteiger partial charge in [0.25, 0.3) is 0 Å². The largest absolute Gasteiger partial charge is 0.370 e. The van der Waals surface area contributed by atoms with Gasteiger partial charge in [0.2, 0.25) is 0 Å². The molecule has 0 amide bonds. The molecule has 2 aliphatic rings. The zero-order chi connectivity index (χ0) is 13.5. The summed E-state index contributed by atoms with van der Waals surface area (Å²) in [5, 5.41) is 0. The van der Waals surface area contributed by atoms with E-state index in [9.17, 15) is 0 Å². The predicted molar refractivity (Wildman–Crippen MR) is 96.8 cm³/mol. The molecule has 2 saturated heterocycles. The maximum atomic E-state index is 6.06. The molecule has 118 valence electrons. The Kier molecular flexibility index (Phi) is 8.84. The van der Waals surface area contributed by atoms with Crippen molar-refractivity contribution >= 4 is 29.9 Å². The first-order valence-corrected chi connectivity index (χ1v) is 8.03. The van der Waals surface area contributed by atoms with Crippen molar-refractivity contribution in [2.24, 2.45) is 16.6 Å². The molecule has 0 aromatic heterocycles. The molecule has 2 aliphatic heterocycles. The topological polar surface area (TPSA) is 44.9 Å². The van der Waals surface area contributed by atoms with E-state index in [1.165, 1.54) is 58.2 Å². The van der Waals surface area contributed by atoms with Crippen LogP contribution in [0, 0.1) is 5.92 Å². The first-order chi connectivity index (χ1) is 9.25. The Morgan fingerprint density at radius 2 is 1.75 bits per heavy atom. The Hall–Kier alpha value is -0.0400. The molecule has 0 saturated carbocycles. The Morgan fingerprint density at radius 1 is 1.10 bits per heavy atom. The smallest absolute Gasteiger partial charge is 0.191 e. The summed E-state index contributed by atoms with van der Waals surface area (Å²) in [4.78, 5) is 9.36. The molecule has 0 atom stereocenters. The van der Waals surface area contributed by atoms with Gasteiger partial charge < -0.3 is 15.5 Å². The van der Waals surface area contributed by atoms with E-state index in [2.05, 4.69) is 21.7 Å². The Labute approximate surface area is 141 Å². The van der Waals surface area contributed by atoms with Crippen LogP contribution in [0.25, 0.3) is 0 Å². The first-order valence-electron chi connectivity index (χ1n) is 8.03. The Morgan fingerprint density at radius 3 is 2.40 bits per heavy atom. The van der Waals surface area contributed by atoms with Gasteiger partial charge >= 0.3 is 0 Å². The molecule has 2 rings (SSSR count). The zero-order valence-corrected chi connectivity index (χ0v) is 15.2. The summed E-state index contributed by atoms with van der Waals surface area (Å²) in [7, 11) is 0. The molecule has 2 fully saturated rings. The van der Waals surface area contributed by atoms with Gasteiger partial charge in [-0.3, -0.25) is 4.99 Å². The number of unbranched alkanes of at least 4 members (excludes halogenated alkanes) is 1. The van der Waals surface area contributed by atoms with E-state index < -0.39 is 0 Å². The molecular weight excluding hydrogens is 363 g/mol. The van der Waals surface area contributed by atoms with Gasteiger partial charge in [-0.15, -0.1) is 24.0 Å². The number of nitrogens with two attached hydrogens (primary N) is 1. The van der Waals surface area contributed by atoms with Crippen LogP contribution in [0.5, 0.6) is 0 Å². The summed E-state index contributed by atoms with van der Waals surface area (Å²) in [6.07, 6.45) is 7.71. The standard InChI is InChI=1S/C15H30N4.HI/c1-14-6-12-19(13-7-14)15(16)17-8-2-3-9-18-10-4-5-11-18;/h14H,2-13H2,1H3,(H2,16,17);1H. The van der Waals surface area contributed by atoms with Gasteiger partial charge in [-0.2, -0.15) is 0 Å². The lowest BCUT2D eigenvalue weighted by Gasteiger charge is -2.31. The molecule has 20 heavy (non-hydrogen) atoms. The summed E-state index contributed by atoms with van der Waals surface area (Å²) < 4.78 is 0. The molecule has 0 aromatic carbocycles. The fourth-order valence-corrected chi connectivity index (χ4v) is 2.98. The summed E-state index contributed by atoms with van der Waals surface area (Å²) in [5.74, 6) is 1.62. The Balaban J connectivity index is 0.00000200. The number of nitrogens with zero attached hydrogens (tertiary/aromatic N) is 3. The number of aliphatic imine (C=N–C) groups is 1. The summed E-state index contributed by atoms with van der Waals surface area (Å²) in [6.45, 7) is 9.24. The molecule has 0 unspecified atom stereocenters. The third-order valence-corrected chi connectivity index (χ3v) is 4.46. The van der Waals surface area contributed by atoms with Crippen molar-refractivity contribution in [2.75, 3.05) is 39.3 Å². The van der Waals surface area contributed by atoms with Crippen LogP contribution < -0.4 is 5.73 Å². The van der Waals surface area contributed by atoms with E-state index in [0.717, 1.165) is 31.5 Å². The van der Waals surface area contributed by atoms with Crippen molar-refractivity contribution in [3.8, 4) is 0 Å². The predicted octanol–water partition coefficient (Wildman–Crippen LogP) is 2.53. The van der Waals surface area contributed by atoms with E-state index >= 15 is 0 Å². The maximum absolute atomic E-state index is 6.06. The molecular formula is C15H31IN4. The second-order valence-electron chi connectivity index (χ2n) is 6.17. The van der Waals surface area contributed by atoms with Crippen LogP contribution in [0.4, 0.5) is 0 Å². The highest BCUT2D eigenvalue weighted by Gasteiger charge is 2.16. The zero-order valence-electron chi connectivity index (χ0n) is 12.9. The lowest BCUT2D eigenvalue weighted by Crippen LogP contribution is -2.42. The van der Waals surface area contributed by atoms with Crippen molar-refractivity contribution in [1.82, 2.24) is 9.80 Å². The van der Waals surface area contributed by atoms with Gasteiger partial charge in [0.05, 0.1) is 0 Å². The molecule has 2 N–H and O–H groups in total. The lowest BCUT2D eigenvalue weighted by atomic mass is 10.00. The molecule has 0 bridgehead atoms. The fraction of sp³-hybridized carbons (Fsp3) is 0.933. The van der Waals surface area contributed by atoms with E-state index in [4.69, 9.17) is 5.73 Å². The molecule has 0 aromatic rings. The van der Waals surface area contributed by atoms with Crippen LogP contribution in [-0.4, -0.2) is 55.0 Å². The quantitative estimate of drug-likeness (QED) is 0.337. The van der Waals surface area contributed by atoms with Crippen LogP contribution >= 0.6 is 24.0 Å². The van der Waals surface area contributed by atoms with Crippen LogP contribution in [0.1, 0.15) is 45.4 Å². The number of halogens is 1. The molecule has 4 nitrogen and oxygen atoms in total. The van der Waals surface area contributed by atoms with Crippen molar-refractivity contribution < 1.29 is 0 Å². The average Bonchev–Trinajstić information content (AvgIpc) is 2.92. The minimum Gasteiger partial charge on any atom is -0.370 e. The number of rotatable bonds is 5. The van der Waals surface area contributed by atoms with E-state index in [0.29, 0.717) is 0 Å². The molecule has 0 aliphatic carbocycles. The van der Waals surface area contributed by atoms with Crippen LogP contribution in [0.3, 0.4) is 0 Å². The molecule has 0 spiro atoms. The summed E-state index contributed by atoms with van der Waals surface area (Å²) in [6, 6.07) is 0. The second-order valence-corrected chi connectivity index (χ2v) is 6.17. The van der Waals surface area contributed by atoms with Crippen LogP contribution in [-0.2, 0) is 0 Å². The third kappa shape index (κ3) is 6.16. The van der Waals surface area contributed by atoms with Gasteiger partial charge in [0.1, 0.15) is 0 Å². The molecule has 0 radical (unpaired) electrons. The third-order valence-electron chi connectivity index (χ3n) is 4.46. The normalized spacial score (nSPS) is 22.1. The number of likely N-dealkylation sites (tertiary alicyclic amines) is 2. The summed E-state index contributed by atoms with van der Waals surface area (Å²) >= 11 is 0. The van der Waals surface area contributed by atoms with E-state index in [1.807, 2.05) is 0 Å². The minimum atomic E-state index is 0. The van der Waals surface area contributed by atoms with Crippen LogP contribution in [0.15, 0.2) is 4.99 Å². The first kappa shape index (κ1) is 18.0. The van der Waals surface area contributed by atoms with Crippen molar-refractivity contribution in [2.45, 2.75) is 45.4 Å². The second kappa shape index (κ2) is 9.82. The molecule has 2 heterocycles. The number of hydrogen-bond donors (Lipinski definition) is 1. The summed E-state index contributed by atoms with van der Waals surface area (Å²) in [5.41, 5.74) is 6.06. The highest BCUT2D eigenvalue weighted by atomic mass is 127. The average molecular weight is 394 g/mol. The highest BCUT2D eigenvalue weighted by Crippen LogP contribution is 2.15. The Bertz CT molecular complexity index is 282. The van der Waals surface area contributed by atoms with Crippen molar-refractivity contribution in [3.63, 3.8) is 0 Å². The van der Waals surface area contributed by atoms with Crippen LogP contribution in [0.2, 0.25) is 0 Å². The minimum absolute atomic E-state index is 0. The van der Waals surface area contributed by atoms with Crippen molar-refractivity contribution in [3.05, 3.63) is 0 Å². The molecule has 5 heteroatoms. The number of guanidine groups is 1.